The predicted octanol–water partition coefficient (Wildman–Crippen LogP) is 4.41. The van der Waals surface area contributed by atoms with Crippen molar-refractivity contribution in [1.82, 2.24) is 4.98 Å². The highest BCUT2D eigenvalue weighted by Gasteiger charge is 2.18. The Morgan fingerprint density at radius 3 is 2.13 bits per heavy atom. The van der Waals surface area contributed by atoms with Crippen LogP contribution in [-0.2, 0) is 16.0 Å². The summed E-state index contributed by atoms with van der Waals surface area (Å²) < 4.78 is 5.76. The monoisotopic (exact) mass is 323 g/mol. The number of carbonyl (C=O) groups excluding carboxylic acids is 1. The van der Waals surface area contributed by atoms with Crippen molar-refractivity contribution in [1.29, 1.82) is 0 Å². The standard InChI is InChI=1S/C19H17NO2S/c21-18(12-11-17-13-23-14-20-17)22-19(15-7-3-1-4-8-15)16-9-5-2-6-10-16/h1-10,13-14,19H,11-12H2. The van der Waals surface area contributed by atoms with Gasteiger partial charge in [0.25, 0.3) is 0 Å². The van der Waals surface area contributed by atoms with Crippen LogP contribution in [0.1, 0.15) is 29.3 Å². The van der Waals surface area contributed by atoms with Gasteiger partial charge in [0, 0.05) is 11.8 Å². The van der Waals surface area contributed by atoms with Crippen molar-refractivity contribution in [2.24, 2.45) is 0 Å². The number of aromatic nitrogens is 1. The van der Waals surface area contributed by atoms with Gasteiger partial charge >= 0.3 is 5.97 Å². The first-order valence-electron chi connectivity index (χ1n) is 7.49. The molecule has 0 aliphatic carbocycles. The molecule has 1 heterocycles. The van der Waals surface area contributed by atoms with Crippen molar-refractivity contribution >= 4 is 17.3 Å². The Balaban J connectivity index is 1.72. The Morgan fingerprint density at radius 2 is 1.61 bits per heavy atom. The quantitative estimate of drug-likeness (QED) is 0.631. The molecule has 1 aromatic heterocycles. The van der Waals surface area contributed by atoms with Crippen LogP contribution in [0.5, 0.6) is 0 Å². The molecule has 0 saturated carbocycles. The highest BCUT2D eigenvalue weighted by atomic mass is 32.1. The summed E-state index contributed by atoms with van der Waals surface area (Å²) in [4.78, 5) is 16.4. The van der Waals surface area contributed by atoms with Gasteiger partial charge in [-0.1, -0.05) is 60.7 Å². The molecule has 2 aromatic carbocycles. The second kappa shape index (κ2) is 7.70. The number of rotatable bonds is 6. The van der Waals surface area contributed by atoms with Gasteiger partial charge in [0.1, 0.15) is 0 Å². The van der Waals surface area contributed by atoms with Crippen LogP contribution in [0.2, 0.25) is 0 Å². The molecule has 0 aliphatic rings. The van der Waals surface area contributed by atoms with E-state index in [0.29, 0.717) is 12.8 Å². The van der Waals surface area contributed by atoms with Crippen molar-refractivity contribution in [2.45, 2.75) is 18.9 Å². The van der Waals surface area contributed by atoms with E-state index < -0.39 is 0 Å². The van der Waals surface area contributed by atoms with E-state index in [1.54, 1.807) is 5.51 Å². The first-order chi connectivity index (χ1) is 11.3. The van der Waals surface area contributed by atoms with Gasteiger partial charge < -0.3 is 4.74 Å². The molecule has 0 bridgehead atoms. The fraction of sp³-hybridized carbons (Fsp3) is 0.158. The highest BCUT2D eigenvalue weighted by molar-refractivity contribution is 7.07. The second-order valence-electron chi connectivity index (χ2n) is 5.17. The molecule has 3 rings (SSSR count). The number of hydrogen-bond donors (Lipinski definition) is 0. The Morgan fingerprint density at radius 1 is 1.00 bits per heavy atom. The lowest BCUT2D eigenvalue weighted by atomic mass is 10.0. The number of aryl methyl sites for hydroxylation is 1. The van der Waals surface area contributed by atoms with Gasteiger partial charge in [-0.25, -0.2) is 4.98 Å². The first kappa shape index (κ1) is 15.4. The maximum Gasteiger partial charge on any atom is 0.307 e. The topological polar surface area (TPSA) is 39.2 Å². The van der Waals surface area contributed by atoms with Crippen LogP contribution >= 0.6 is 11.3 Å². The molecule has 0 atom stereocenters. The van der Waals surface area contributed by atoms with Crippen LogP contribution in [0.15, 0.2) is 71.6 Å². The number of benzene rings is 2. The fourth-order valence-electron chi connectivity index (χ4n) is 2.37. The highest BCUT2D eigenvalue weighted by Crippen LogP contribution is 2.26. The zero-order valence-corrected chi connectivity index (χ0v) is 13.4. The summed E-state index contributed by atoms with van der Waals surface area (Å²) in [5, 5.41) is 1.96. The van der Waals surface area contributed by atoms with Gasteiger partial charge in [-0.3, -0.25) is 4.79 Å². The number of hydrogen-bond acceptors (Lipinski definition) is 4. The summed E-state index contributed by atoms with van der Waals surface area (Å²) in [7, 11) is 0. The lowest BCUT2D eigenvalue weighted by Gasteiger charge is -2.18. The van der Waals surface area contributed by atoms with Gasteiger partial charge in [-0.15, -0.1) is 11.3 Å². The molecule has 0 radical (unpaired) electrons. The lowest BCUT2D eigenvalue weighted by Crippen LogP contribution is -2.13. The van der Waals surface area contributed by atoms with Crippen LogP contribution < -0.4 is 0 Å². The zero-order chi connectivity index (χ0) is 15.9. The number of nitrogens with zero attached hydrogens (tertiary/aromatic N) is 1. The molecule has 0 aliphatic heterocycles. The molecule has 23 heavy (non-hydrogen) atoms. The Hall–Kier alpha value is -2.46. The van der Waals surface area contributed by atoms with Gasteiger partial charge in [0.05, 0.1) is 17.6 Å². The third-order valence-electron chi connectivity index (χ3n) is 3.52. The number of esters is 1. The third-order valence-corrected chi connectivity index (χ3v) is 4.16. The molecule has 0 unspecified atom stereocenters. The summed E-state index contributed by atoms with van der Waals surface area (Å²) in [5.41, 5.74) is 4.65. The van der Waals surface area contributed by atoms with Crippen LogP contribution in [0.25, 0.3) is 0 Å². The molecule has 0 amide bonds. The van der Waals surface area contributed by atoms with Crippen molar-refractivity contribution in [3.05, 3.63) is 88.4 Å². The molecule has 0 spiro atoms. The molecular formula is C19H17NO2S. The average molecular weight is 323 g/mol. The molecule has 0 saturated heterocycles. The third kappa shape index (κ3) is 4.27. The molecular weight excluding hydrogens is 306 g/mol. The van der Waals surface area contributed by atoms with E-state index in [2.05, 4.69) is 4.98 Å². The summed E-state index contributed by atoms with van der Waals surface area (Å²) in [5.74, 6) is -0.212. The van der Waals surface area contributed by atoms with Gasteiger partial charge in [0.2, 0.25) is 0 Å². The van der Waals surface area contributed by atoms with Crippen LogP contribution in [0.3, 0.4) is 0 Å². The molecule has 3 aromatic rings. The van der Waals surface area contributed by atoms with Gasteiger partial charge in [-0.2, -0.15) is 0 Å². The Kier molecular flexibility index (Phi) is 5.17. The predicted molar refractivity (Wildman–Crippen MR) is 91.3 cm³/mol. The smallest absolute Gasteiger partial charge is 0.307 e. The lowest BCUT2D eigenvalue weighted by molar-refractivity contribution is -0.147. The largest absolute Gasteiger partial charge is 0.453 e. The van der Waals surface area contributed by atoms with Crippen molar-refractivity contribution in [2.75, 3.05) is 0 Å². The number of carbonyl (C=O) groups is 1. The molecule has 4 heteroatoms. The minimum Gasteiger partial charge on any atom is -0.453 e. The van der Waals surface area contributed by atoms with E-state index in [1.165, 1.54) is 11.3 Å². The second-order valence-corrected chi connectivity index (χ2v) is 5.89. The summed E-state index contributed by atoms with van der Waals surface area (Å²) >= 11 is 1.54. The van der Waals surface area contributed by atoms with E-state index >= 15 is 0 Å². The van der Waals surface area contributed by atoms with Crippen molar-refractivity contribution in [3.8, 4) is 0 Å². The maximum absolute atomic E-state index is 12.2. The zero-order valence-electron chi connectivity index (χ0n) is 12.6. The van der Waals surface area contributed by atoms with Crippen LogP contribution in [0, 0.1) is 0 Å². The van der Waals surface area contributed by atoms with E-state index in [1.807, 2.05) is 66.0 Å². The molecule has 0 fully saturated rings. The minimum atomic E-state index is -0.375. The minimum absolute atomic E-state index is 0.212. The first-order valence-corrected chi connectivity index (χ1v) is 8.43. The summed E-state index contributed by atoms with van der Waals surface area (Å²) in [6, 6.07) is 19.6. The SMILES string of the molecule is O=C(CCc1cscn1)OC(c1ccccc1)c1ccccc1. The van der Waals surface area contributed by atoms with E-state index in [4.69, 9.17) is 4.74 Å². The van der Waals surface area contributed by atoms with E-state index in [0.717, 1.165) is 16.8 Å². The van der Waals surface area contributed by atoms with Gasteiger partial charge in [-0.05, 0) is 11.1 Å². The fourth-order valence-corrected chi connectivity index (χ4v) is 2.96. The average Bonchev–Trinajstić information content (AvgIpc) is 3.13. The summed E-state index contributed by atoms with van der Waals surface area (Å²) in [6.45, 7) is 0. The molecule has 3 nitrogen and oxygen atoms in total. The maximum atomic E-state index is 12.2. The van der Waals surface area contributed by atoms with E-state index in [-0.39, 0.29) is 12.1 Å². The van der Waals surface area contributed by atoms with Crippen LogP contribution in [-0.4, -0.2) is 11.0 Å². The Labute approximate surface area is 139 Å². The van der Waals surface area contributed by atoms with Crippen molar-refractivity contribution in [3.63, 3.8) is 0 Å². The Bertz CT molecular complexity index is 687. The van der Waals surface area contributed by atoms with Crippen molar-refractivity contribution < 1.29 is 9.53 Å². The number of thiazole rings is 1. The number of ether oxygens (including phenoxy) is 1. The summed E-state index contributed by atoms with van der Waals surface area (Å²) in [6.07, 6.45) is 0.568. The molecule has 116 valence electrons. The molecule has 0 N–H and O–H groups in total. The van der Waals surface area contributed by atoms with Crippen LogP contribution in [0.4, 0.5) is 0 Å². The van der Waals surface area contributed by atoms with E-state index in [9.17, 15) is 4.79 Å². The van der Waals surface area contributed by atoms with Gasteiger partial charge in [0.15, 0.2) is 6.10 Å². The normalized spacial score (nSPS) is 10.7.